The first-order valence-electron chi connectivity index (χ1n) is 7.60. The summed E-state index contributed by atoms with van der Waals surface area (Å²) in [5, 5.41) is 12.4. The van der Waals surface area contributed by atoms with Crippen LogP contribution in [-0.4, -0.2) is 36.4 Å². The first kappa shape index (κ1) is 17.7. The summed E-state index contributed by atoms with van der Waals surface area (Å²) in [4.78, 5) is 11.9. The molecule has 24 heavy (non-hydrogen) atoms. The van der Waals surface area contributed by atoms with Crippen molar-refractivity contribution < 1.29 is 23.8 Å². The van der Waals surface area contributed by atoms with E-state index in [1.807, 2.05) is 18.2 Å². The predicted octanol–water partition coefficient (Wildman–Crippen LogP) is 2.15. The van der Waals surface area contributed by atoms with E-state index >= 15 is 0 Å². The Hall–Kier alpha value is -2.60. The van der Waals surface area contributed by atoms with Crippen molar-refractivity contribution in [3.05, 3.63) is 60.4 Å². The number of aliphatic hydroxyl groups excluding tert-OH is 1. The van der Waals surface area contributed by atoms with Crippen LogP contribution in [0.25, 0.3) is 0 Å². The number of nitrogens with one attached hydrogen (secondary N) is 1. The fraction of sp³-hybridized carbons (Fsp3) is 0.278. The number of carbonyl (C=O) groups is 1. The van der Waals surface area contributed by atoms with E-state index in [1.54, 1.807) is 19.1 Å². The first-order valence-corrected chi connectivity index (χ1v) is 7.60. The van der Waals surface area contributed by atoms with Gasteiger partial charge in [-0.25, -0.2) is 4.39 Å². The maximum atomic E-state index is 12.8. The molecule has 0 aliphatic carbocycles. The summed E-state index contributed by atoms with van der Waals surface area (Å²) in [5.74, 6) is 0.352. The Balaban J connectivity index is 1.69. The minimum Gasteiger partial charge on any atom is -0.491 e. The fourth-order valence-corrected chi connectivity index (χ4v) is 1.90. The number of rotatable bonds is 8. The van der Waals surface area contributed by atoms with Gasteiger partial charge < -0.3 is 19.9 Å². The molecule has 0 fully saturated rings. The summed E-state index contributed by atoms with van der Waals surface area (Å²) in [7, 11) is 0. The fourth-order valence-electron chi connectivity index (χ4n) is 1.90. The van der Waals surface area contributed by atoms with Gasteiger partial charge in [-0.15, -0.1) is 0 Å². The lowest BCUT2D eigenvalue weighted by Gasteiger charge is -2.17. The average Bonchev–Trinajstić information content (AvgIpc) is 2.60. The lowest BCUT2D eigenvalue weighted by molar-refractivity contribution is -0.127. The number of aliphatic hydroxyl groups is 1. The highest BCUT2D eigenvalue weighted by Crippen LogP contribution is 2.12. The predicted molar refractivity (Wildman–Crippen MR) is 87.4 cm³/mol. The molecule has 0 unspecified atom stereocenters. The Morgan fingerprint density at radius 2 is 1.79 bits per heavy atom. The first-order chi connectivity index (χ1) is 11.5. The van der Waals surface area contributed by atoms with E-state index in [0.29, 0.717) is 11.5 Å². The summed E-state index contributed by atoms with van der Waals surface area (Å²) < 4.78 is 23.6. The van der Waals surface area contributed by atoms with E-state index in [-0.39, 0.29) is 24.9 Å². The van der Waals surface area contributed by atoms with Gasteiger partial charge in [0.1, 0.15) is 30.0 Å². The SMILES string of the molecule is C[C@@H](Oc1ccccc1)C(=O)NC[C@H](O)COc1ccc(F)cc1. The molecule has 2 rings (SSSR count). The van der Waals surface area contributed by atoms with E-state index in [9.17, 15) is 14.3 Å². The third-order valence-electron chi connectivity index (χ3n) is 3.19. The van der Waals surface area contributed by atoms with Gasteiger partial charge in [0.05, 0.1) is 0 Å². The molecular weight excluding hydrogens is 313 g/mol. The zero-order chi connectivity index (χ0) is 17.4. The molecule has 2 aromatic rings. The van der Waals surface area contributed by atoms with Crippen LogP contribution < -0.4 is 14.8 Å². The molecule has 0 radical (unpaired) electrons. The quantitative estimate of drug-likeness (QED) is 0.777. The number of hydrogen-bond acceptors (Lipinski definition) is 4. The van der Waals surface area contributed by atoms with Gasteiger partial charge in [-0.1, -0.05) is 18.2 Å². The van der Waals surface area contributed by atoms with Crippen LogP contribution in [0.15, 0.2) is 54.6 Å². The maximum Gasteiger partial charge on any atom is 0.260 e. The van der Waals surface area contributed by atoms with Crippen LogP contribution in [0.5, 0.6) is 11.5 Å². The molecule has 0 bridgehead atoms. The van der Waals surface area contributed by atoms with Gasteiger partial charge in [-0.05, 0) is 43.3 Å². The monoisotopic (exact) mass is 333 g/mol. The maximum absolute atomic E-state index is 12.8. The van der Waals surface area contributed by atoms with E-state index in [0.717, 1.165) is 0 Å². The Morgan fingerprint density at radius 3 is 2.46 bits per heavy atom. The summed E-state index contributed by atoms with van der Waals surface area (Å²) >= 11 is 0. The number of hydrogen-bond donors (Lipinski definition) is 2. The van der Waals surface area contributed by atoms with Crippen molar-refractivity contribution in [1.29, 1.82) is 0 Å². The van der Waals surface area contributed by atoms with Crippen molar-refractivity contribution >= 4 is 5.91 Å². The Bertz CT molecular complexity index is 633. The average molecular weight is 333 g/mol. The van der Waals surface area contributed by atoms with Gasteiger partial charge in [0.2, 0.25) is 0 Å². The van der Waals surface area contributed by atoms with Crippen LogP contribution >= 0.6 is 0 Å². The van der Waals surface area contributed by atoms with Crippen molar-refractivity contribution in [2.75, 3.05) is 13.2 Å². The highest BCUT2D eigenvalue weighted by molar-refractivity contribution is 5.80. The molecule has 0 spiro atoms. The van der Waals surface area contributed by atoms with E-state index in [1.165, 1.54) is 24.3 Å². The Morgan fingerprint density at radius 1 is 1.12 bits per heavy atom. The summed E-state index contributed by atoms with van der Waals surface area (Å²) in [5.41, 5.74) is 0. The van der Waals surface area contributed by atoms with Crippen LogP contribution in [-0.2, 0) is 4.79 Å². The number of amides is 1. The third kappa shape index (κ3) is 5.89. The van der Waals surface area contributed by atoms with Gasteiger partial charge in [0.25, 0.3) is 5.91 Å². The number of benzene rings is 2. The number of halogens is 1. The molecule has 1 amide bonds. The van der Waals surface area contributed by atoms with Crippen molar-refractivity contribution in [3.8, 4) is 11.5 Å². The van der Waals surface area contributed by atoms with Crippen molar-refractivity contribution in [3.63, 3.8) is 0 Å². The number of para-hydroxylation sites is 1. The molecule has 0 saturated carbocycles. The van der Waals surface area contributed by atoms with Gasteiger partial charge in [-0.2, -0.15) is 0 Å². The second kappa shape index (κ2) is 8.88. The molecule has 5 nitrogen and oxygen atoms in total. The topological polar surface area (TPSA) is 67.8 Å². The minimum absolute atomic E-state index is 0.0141. The van der Waals surface area contributed by atoms with Gasteiger partial charge in [0.15, 0.2) is 6.10 Å². The molecule has 128 valence electrons. The summed E-state index contributed by atoms with van der Waals surface area (Å²) in [6.07, 6.45) is -1.57. The molecule has 2 aromatic carbocycles. The molecule has 0 aliphatic heterocycles. The summed E-state index contributed by atoms with van der Waals surface area (Å²) in [6, 6.07) is 14.5. The van der Waals surface area contributed by atoms with E-state index < -0.39 is 12.2 Å². The smallest absolute Gasteiger partial charge is 0.260 e. The largest absolute Gasteiger partial charge is 0.491 e. The van der Waals surface area contributed by atoms with Gasteiger partial charge in [-0.3, -0.25) is 4.79 Å². The Labute approximate surface area is 140 Å². The lowest BCUT2D eigenvalue weighted by Crippen LogP contribution is -2.41. The molecule has 6 heteroatoms. The molecule has 0 heterocycles. The van der Waals surface area contributed by atoms with E-state index in [2.05, 4.69) is 5.32 Å². The zero-order valence-electron chi connectivity index (χ0n) is 13.3. The van der Waals surface area contributed by atoms with Gasteiger partial charge >= 0.3 is 0 Å². The van der Waals surface area contributed by atoms with Crippen LogP contribution in [0.3, 0.4) is 0 Å². The highest BCUT2D eigenvalue weighted by Gasteiger charge is 2.16. The molecule has 2 atom stereocenters. The molecule has 2 N–H and O–H groups in total. The van der Waals surface area contributed by atoms with Crippen LogP contribution in [0.4, 0.5) is 4.39 Å². The number of ether oxygens (including phenoxy) is 2. The molecule has 0 saturated heterocycles. The van der Waals surface area contributed by atoms with Gasteiger partial charge in [0, 0.05) is 6.54 Å². The van der Waals surface area contributed by atoms with Crippen LogP contribution in [0.1, 0.15) is 6.92 Å². The van der Waals surface area contributed by atoms with Crippen molar-refractivity contribution in [2.24, 2.45) is 0 Å². The third-order valence-corrected chi connectivity index (χ3v) is 3.19. The molecule has 0 aromatic heterocycles. The molecule has 0 aliphatic rings. The van der Waals surface area contributed by atoms with E-state index in [4.69, 9.17) is 9.47 Å². The number of carbonyl (C=O) groups excluding carboxylic acids is 1. The normalized spacial score (nSPS) is 13.0. The van der Waals surface area contributed by atoms with Crippen LogP contribution in [0, 0.1) is 5.82 Å². The second-order valence-corrected chi connectivity index (χ2v) is 5.24. The minimum atomic E-state index is -0.886. The standard InChI is InChI=1S/C18H20FNO4/c1-13(24-17-5-3-2-4-6-17)18(22)20-11-15(21)12-23-16-9-7-14(19)8-10-16/h2-10,13,15,21H,11-12H2,1H3,(H,20,22)/t13-,15+/m1/s1. The Kier molecular flexibility index (Phi) is 6.57. The summed E-state index contributed by atoms with van der Waals surface area (Å²) in [6.45, 7) is 1.64. The van der Waals surface area contributed by atoms with Crippen molar-refractivity contribution in [2.45, 2.75) is 19.1 Å². The van der Waals surface area contributed by atoms with Crippen LogP contribution in [0.2, 0.25) is 0 Å². The zero-order valence-corrected chi connectivity index (χ0v) is 13.3. The second-order valence-electron chi connectivity index (χ2n) is 5.24. The van der Waals surface area contributed by atoms with Crippen molar-refractivity contribution in [1.82, 2.24) is 5.32 Å². The highest BCUT2D eigenvalue weighted by atomic mass is 19.1. The lowest BCUT2D eigenvalue weighted by atomic mass is 10.3. The molecular formula is C18H20FNO4.